The van der Waals surface area contributed by atoms with Crippen molar-refractivity contribution in [3.63, 3.8) is 0 Å². The first-order valence-corrected chi connectivity index (χ1v) is 8.10. The lowest BCUT2D eigenvalue weighted by molar-refractivity contribution is -0.111. The Balaban J connectivity index is 1.84. The summed E-state index contributed by atoms with van der Waals surface area (Å²) in [6.45, 7) is 2.44. The molecule has 0 saturated heterocycles. The molecule has 0 aliphatic rings. The third-order valence-corrected chi connectivity index (χ3v) is 3.62. The van der Waals surface area contributed by atoms with E-state index in [-0.39, 0.29) is 24.8 Å². The normalized spacial score (nSPS) is 10.5. The van der Waals surface area contributed by atoms with Gasteiger partial charge in [0.2, 0.25) is 5.24 Å². The van der Waals surface area contributed by atoms with Gasteiger partial charge in [-0.15, -0.1) is 0 Å². The van der Waals surface area contributed by atoms with Crippen molar-refractivity contribution in [2.45, 2.75) is 26.5 Å². The molecule has 0 bridgehead atoms. The molecule has 24 heavy (non-hydrogen) atoms. The molecule has 0 spiro atoms. The second kappa shape index (κ2) is 8.70. The first kappa shape index (κ1) is 18.3. The number of nitrogens with zero attached hydrogens (tertiary/aromatic N) is 2. The molecular formula is C16H17Cl2N3O3. The van der Waals surface area contributed by atoms with Gasteiger partial charge in [0.15, 0.2) is 6.73 Å². The van der Waals surface area contributed by atoms with Crippen LogP contribution in [0.3, 0.4) is 0 Å². The highest BCUT2D eigenvalue weighted by atomic mass is 35.5. The van der Waals surface area contributed by atoms with Crippen LogP contribution in [0.4, 0.5) is 0 Å². The quantitative estimate of drug-likeness (QED) is 0.572. The van der Waals surface area contributed by atoms with E-state index in [2.05, 4.69) is 10.4 Å². The Morgan fingerprint density at radius 3 is 2.83 bits per heavy atom. The zero-order valence-electron chi connectivity index (χ0n) is 13.1. The van der Waals surface area contributed by atoms with Gasteiger partial charge in [-0.05, 0) is 54.8 Å². The molecule has 0 aliphatic heterocycles. The summed E-state index contributed by atoms with van der Waals surface area (Å²) in [5, 5.41) is 7.06. The molecule has 0 unspecified atom stereocenters. The molecular weight excluding hydrogens is 353 g/mol. The van der Waals surface area contributed by atoms with Crippen LogP contribution in [-0.2, 0) is 11.5 Å². The fourth-order valence-corrected chi connectivity index (χ4v) is 2.35. The van der Waals surface area contributed by atoms with Gasteiger partial charge in [0.25, 0.3) is 5.91 Å². The maximum absolute atomic E-state index is 11.9. The molecule has 2 rings (SSSR count). The standard InChI is InChI=1S/C16H17Cl2N3O3/c1-11-9-12(17)4-5-14(11)24-10-21-8-6-13(20-21)16(23)19-7-2-3-15(18)22/h4-6,8-9H,2-3,7,10H2,1H3,(H,19,23). The van der Waals surface area contributed by atoms with E-state index in [4.69, 9.17) is 27.9 Å². The zero-order valence-corrected chi connectivity index (χ0v) is 14.6. The number of benzene rings is 1. The summed E-state index contributed by atoms with van der Waals surface area (Å²) in [6, 6.07) is 6.94. The second-order valence-corrected chi connectivity index (χ2v) is 6.00. The average Bonchev–Trinajstić information content (AvgIpc) is 2.99. The molecule has 8 heteroatoms. The van der Waals surface area contributed by atoms with Crippen molar-refractivity contribution in [2.24, 2.45) is 0 Å². The van der Waals surface area contributed by atoms with Gasteiger partial charge in [-0.2, -0.15) is 5.10 Å². The van der Waals surface area contributed by atoms with Crippen LogP contribution in [0.25, 0.3) is 0 Å². The molecule has 1 amide bonds. The van der Waals surface area contributed by atoms with Crippen molar-refractivity contribution in [3.8, 4) is 5.75 Å². The Morgan fingerprint density at radius 1 is 1.33 bits per heavy atom. The molecule has 1 N–H and O–H groups in total. The lowest BCUT2D eigenvalue weighted by atomic mass is 10.2. The Hall–Kier alpha value is -2.05. The van der Waals surface area contributed by atoms with Crippen molar-refractivity contribution in [1.29, 1.82) is 0 Å². The van der Waals surface area contributed by atoms with Crippen LogP contribution in [0.15, 0.2) is 30.5 Å². The summed E-state index contributed by atoms with van der Waals surface area (Å²) in [4.78, 5) is 22.5. The number of amides is 1. The van der Waals surface area contributed by atoms with Crippen LogP contribution in [0, 0.1) is 6.92 Å². The van der Waals surface area contributed by atoms with E-state index in [1.807, 2.05) is 13.0 Å². The summed E-state index contributed by atoms with van der Waals surface area (Å²) < 4.78 is 7.17. The monoisotopic (exact) mass is 369 g/mol. The molecule has 1 aromatic carbocycles. The number of aromatic nitrogens is 2. The lowest BCUT2D eigenvalue weighted by Crippen LogP contribution is -2.25. The smallest absolute Gasteiger partial charge is 0.271 e. The summed E-state index contributed by atoms with van der Waals surface area (Å²) in [7, 11) is 0. The molecule has 0 atom stereocenters. The largest absolute Gasteiger partial charge is 0.471 e. The minimum Gasteiger partial charge on any atom is -0.471 e. The Morgan fingerprint density at radius 2 is 2.12 bits per heavy atom. The molecule has 1 heterocycles. The van der Waals surface area contributed by atoms with Crippen LogP contribution >= 0.6 is 23.2 Å². The average molecular weight is 370 g/mol. The number of rotatable bonds is 8. The molecule has 0 saturated carbocycles. The highest BCUT2D eigenvalue weighted by molar-refractivity contribution is 6.63. The Labute approximate surface area is 149 Å². The van der Waals surface area contributed by atoms with E-state index in [0.717, 1.165) is 5.56 Å². The maximum Gasteiger partial charge on any atom is 0.271 e. The first-order valence-electron chi connectivity index (χ1n) is 7.34. The molecule has 2 aromatic rings. The Bertz CT molecular complexity index is 731. The Kier molecular flexibility index (Phi) is 6.63. The number of ether oxygens (including phenoxy) is 1. The van der Waals surface area contributed by atoms with Gasteiger partial charge < -0.3 is 10.1 Å². The van der Waals surface area contributed by atoms with Crippen molar-refractivity contribution < 1.29 is 14.3 Å². The number of carbonyl (C=O) groups excluding carboxylic acids is 2. The van der Waals surface area contributed by atoms with Gasteiger partial charge in [0.05, 0.1) is 0 Å². The van der Waals surface area contributed by atoms with Crippen molar-refractivity contribution in [1.82, 2.24) is 15.1 Å². The number of hydrogen-bond donors (Lipinski definition) is 1. The predicted molar refractivity (Wildman–Crippen MR) is 91.5 cm³/mol. The van der Waals surface area contributed by atoms with Crippen molar-refractivity contribution in [2.75, 3.05) is 6.54 Å². The molecule has 0 radical (unpaired) electrons. The highest BCUT2D eigenvalue weighted by Crippen LogP contribution is 2.21. The third kappa shape index (κ3) is 5.54. The van der Waals surface area contributed by atoms with Crippen LogP contribution in [-0.4, -0.2) is 27.5 Å². The molecule has 1 aromatic heterocycles. The number of aryl methyl sites for hydroxylation is 1. The van der Waals surface area contributed by atoms with Gasteiger partial charge in [0, 0.05) is 24.2 Å². The van der Waals surface area contributed by atoms with Gasteiger partial charge in [0.1, 0.15) is 11.4 Å². The number of hydrogen-bond acceptors (Lipinski definition) is 4. The van der Waals surface area contributed by atoms with E-state index in [0.29, 0.717) is 23.7 Å². The van der Waals surface area contributed by atoms with Crippen molar-refractivity contribution in [3.05, 3.63) is 46.7 Å². The minimum atomic E-state index is -0.414. The summed E-state index contributed by atoms with van der Waals surface area (Å²) in [6.07, 6.45) is 2.38. The fourth-order valence-electron chi connectivity index (χ4n) is 1.98. The minimum absolute atomic E-state index is 0.177. The molecule has 128 valence electrons. The molecule has 6 nitrogen and oxygen atoms in total. The van der Waals surface area contributed by atoms with Gasteiger partial charge >= 0.3 is 0 Å². The molecule has 0 fully saturated rings. The van der Waals surface area contributed by atoms with Gasteiger partial charge in [-0.3, -0.25) is 9.59 Å². The van der Waals surface area contributed by atoms with Crippen LogP contribution in [0.5, 0.6) is 5.75 Å². The topological polar surface area (TPSA) is 73.2 Å². The van der Waals surface area contributed by atoms with Gasteiger partial charge in [-0.25, -0.2) is 4.68 Å². The zero-order chi connectivity index (χ0) is 17.5. The summed E-state index contributed by atoms with van der Waals surface area (Å²) in [5.41, 5.74) is 1.20. The summed E-state index contributed by atoms with van der Waals surface area (Å²) >= 11 is 11.1. The first-order chi connectivity index (χ1) is 11.5. The van der Waals surface area contributed by atoms with Crippen LogP contribution in [0.1, 0.15) is 28.9 Å². The number of nitrogens with one attached hydrogen (secondary N) is 1. The van der Waals surface area contributed by atoms with E-state index in [1.165, 1.54) is 4.68 Å². The van der Waals surface area contributed by atoms with Crippen LogP contribution < -0.4 is 10.1 Å². The number of carbonyl (C=O) groups is 2. The fraction of sp³-hybridized carbons (Fsp3) is 0.312. The van der Waals surface area contributed by atoms with Crippen LogP contribution in [0.2, 0.25) is 5.02 Å². The van der Waals surface area contributed by atoms with E-state index >= 15 is 0 Å². The summed E-state index contributed by atoms with van der Waals surface area (Å²) in [5.74, 6) is 0.394. The van der Waals surface area contributed by atoms with E-state index < -0.39 is 5.24 Å². The second-order valence-electron chi connectivity index (χ2n) is 5.14. The van der Waals surface area contributed by atoms with E-state index in [9.17, 15) is 9.59 Å². The highest BCUT2D eigenvalue weighted by Gasteiger charge is 2.09. The van der Waals surface area contributed by atoms with Gasteiger partial charge in [-0.1, -0.05) is 11.6 Å². The lowest BCUT2D eigenvalue weighted by Gasteiger charge is -2.09. The van der Waals surface area contributed by atoms with E-state index in [1.54, 1.807) is 24.4 Å². The van der Waals surface area contributed by atoms with Crippen molar-refractivity contribution >= 4 is 34.4 Å². The molecule has 0 aliphatic carbocycles. The third-order valence-electron chi connectivity index (χ3n) is 3.20. The predicted octanol–water partition coefficient (Wildman–Crippen LogP) is 3.16. The SMILES string of the molecule is Cc1cc(Cl)ccc1OCn1ccc(C(=O)NCCCC(=O)Cl)n1. The number of halogens is 2. The maximum atomic E-state index is 11.9.